The van der Waals surface area contributed by atoms with Crippen molar-refractivity contribution in [2.45, 2.75) is 26.4 Å². The van der Waals surface area contributed by atoms with Crippen molar-refractivity contribution in [2.24, 2.45) is 5.41 Å². The number of benzene rings is 1. The molecule has 1 unspecified atom stereocenters. The van der Waals surface area contributed by atoms with Gasteiger partial charge in [-0.3, -0.25) is 4.79 Å². The summed E-state index contributed by atoms with van der Waals surface area (Å²) in [5.74, 6) is -0.0397. The molecule has 1 saturated heterocycles. The molecule has 0 aliphatic carbocycles. The summed E-state index contributed by atoms with van der Waals surface area (Å²) in [6.45, 7) is 3.96. The van der Waals surface area contributed by atoms with Crippen LogP contribution in [0.3, 0.4) is 0 Å². The van der Waals surface area contributed by atoms with Gasteiger partial charge in [-0.1, -0.05) is 12.1 Å². The first-order valence-electron chi connectivity index (χ1n) is 8.41. The molecular weight excluding hydrogens is 324 g/mol. The number of methoxy groups -OCH3 is 1. The molecule has 25 heavy (non-hydrogen) atoms. The predicted molar refractivity (Wildman–Crippen MR) is 92.6 cm³/mol. The van der Waals surface area contributed by atoms with Crippen molar-refractivity contribution in [3.8, 4) is 5.75 Å². The fourth-order valence-corrected chi connectivity index (χ4v) is 2.70. The van der Waals surface area contributed by atoms with E-state index in [2.05, 4.69) is 5.32 Å². The number of nitrogens with zero attached hydrogens (tertiary/aromatic N) is 1. The minimum absolute atomic E-state index is 0.208. The van der Waals surface area contributed by atoms with Gasteiger partial charge in [-0.25, -0.2) is 4.79 Å². The van der Waals surface area contributed by atoms with Crippen molar-refractivity contribution in [1.82, 2.24) is 10.2 Å². The lowest BCUT2D eigenvalue weighted by molar-refractivity contribution is -0.146. The number of carboxylic acid groups (broad SMARTS) is 1. The molecule has 2 N–H and O–H groups in total. The minimum Gasteiger partial charge on any atom is -0.497 e. The maximum atomic E-state index is 12.0. The first kappa shape index (κ1) is 19.1. The highest BCUT2D eigenvalue weighted by Crippen LogP contribution is 2.29. The largest absolute Gasteiger partial charge is 0.497 e. The fraction of sp³-hybridized carbons (Fsp3) is 0.556. The number of carbonyl (C=O) groups is 2. The Hall–Kier alpha value is -2.28. The Labute approximate surface area is 147 Å². The first-order chi connectivity index (χ1) is 11.9. The van der Waals surface area contributed by atoms with Crippen molar-refractivity contribution in [2.75, 3.05) is 33.4 Å². The number of hydrogen-bond donors (Lipinski definition) is 2. The van der Waals surface area contributed by atoms with Crippen LogP contribution in [0.2, 0.25) is 0 Å². The first-order valence-corrected chi connectivity index (χ1v) is 8.41. The highest BCUT2D eigenvalue weighted by Gasteiger charge is 2.42. The number of likely N-dealkylation sites (tertiary alicyclic amines) is 1. The second kappa shape index (κ2) is 8.71. The summed E-state index contributed by atoms with van der Waals surface area (Å²) >= 11 is 0. The average Bonchev–Trinajstić information content (AvgIpc) is 3.02. The predicted octanol–water partition coefficient (Wildman–Crippen LogP) is 2.11. The van der Waals surface area contributed by atoms with Crippen LogP contribution in [0, 0.1) is 5.41 Å². The van der Waals surface area contributed by atoms with Gasteiger partial charge < -0.3 is 24.8 Å². The van der Waals surface area contributed by atoms with E-state index in [-0.39, 0.29) is 12.6 Å². The van der Waals surface area contributed by atoms with Crippen LogP contribution >= 0.6 is 0 Å². The van der Waals surface area contributed by atoms with E-state index in [9.17, 15) is 14.7 Å². The smallest absolute Gasteiger partial charge is 0.317 e. The third kappa shape index (κ3) is 5.35. The Morgan fingerprint density at radius 1 is 1.32 bits per heavy atom. The fourth-order valence-electron chi connectivity index (χ4n) is 2.70. The lowest BCUT2D eigenvalue weighted by Crippen LogP contribution is -2.41. The molecule has 1 atom stereocenters. The Bertz CT molecular complexity index is 590. The Balaban J connectivity index is 1.58. The normalized spacial score (nSPS) is 19.7. The number of amides is 2. The summed E-state index contributed by atoms with van der Waals surface area (Å²) in [7, 11) is 1.63. The van der Waals surface area contributed by atoms with Crippen molar-refractivity contribution in [3.05, 3.63) is 29.8 Å². The molecule has 1 aliphatic rings. The maximum Gasteiger partial charge on any atom is 0.317 e. The molecule has 7 heteroatoms. The van der Waals surface area contributed by atoms with Crippen molar-refractivity contribution >= 4 is 12.0 Å². The Kier molecular flexibility index (Phi) is 6.64. The standard InChI is InChI=1S/C18H26N2O5/c1-18(16(21)22)8-10-20(13-18)17(23)19-9-3-11-25-12-14-4-6-15(24-2)7-5-14/h4-7H,3,8-13H2,1-2H3,(H,19,23)(H,21,22). The van der Waals surface area contributed by atoms with E-state index in [0.29, 0.717) is 39.1 Å². The highest BCUT2D eigenvalue weighted by atomic mass is 16.5. The summed E-state index contributed by atoms with van der Waals surface area (Å²) < 4.78 is 10.7. The number of aliphatic carboxylic acids is 1. The number of carboxylic acids is 1. The van der Waals surface area contributed by atoms with E-state index in [1.54, 1.807) is 18.9 Å². The van der Waals surface area contributed by atoms with E-state index in [0.717, 1.165) is 11.3 Å². The lowest BCUT2D eigenvalue weighted by Gasteiger charge is -2.20. The minimum atomic E-state index is -0.852. The van der Waals surface area contributed by atoms with Crippen molar-refractivity contribution < 1.29 is 24.2 Å². The summed E-state index contributed by atoms with van der Waals surface area (Å²) in [5.41, 5.74) is 0.230. The zero-order chi connectivity index (χ0) is 18.3. The van der Waals surface area contributed by atoms with Gasteiger partial charge in [-0.05, 0) is 37.5 Å². The molecule has 1 fully saturated rings. The van der Waals surface area contributed by atoms with Gasteiger partial charge in [-0.2, -0.15) is 0 Å². The molecular formula is C18H26N2O5. The summed E-state index contributed by atoms with van der Waals surface area (Å²) in [5, 5.41) is 12.0. The van der Waals surface area contributed by atoms with E-state index < -0.39 is 11.4 Å². The van der Waals surface area contributed by atoms with Gasteiger partial charge in [0.05, 0.1) is 19.1 Å². The van der Waals surface area contributed by atoms with E-state index >= 15 is 0 Å². The van der Waals surface area contributed by atoms with Gasteiger partial charge >= 0.3 is 12.0 Å². The summed E-state index contributed by atoms with van der Waals surface area (Å²) in [6.07, 6.45) is 1.19. The molecule has 0 spiro atoms. The second-order valence-corrected chi connectivity index (χ2v) is 6.52. The van der Waals surface area contributed by atoms with Crippen LogP contribution in [0.4, 0.5) is 4.79 Å². The third-order valence-corrected chi connectivity index (χ3v) is 4.45. The van der Waals surface area contributed by atoms with Gasteiger partial charge in [-0.15, -0.1) is 0 Å². The Morgan fingerprint density at radius 2 is 2.04 bits per heavy atom. The van der Waals surface area contributed by atoms with Crippen LogP contribution in [-0.2, 0) is 16.1 Å². The molecule has 1 aliphatic heterocycles. The zero-order valence-corrected chi connectivity index (χ0v) is 14.8. The van der Waals surface area contributed by atoms with E-state index in [1.807, 2.05) is 24.3 Å². The average molecular weight is 350 g/mol. The molecule has 0 radical (unpaired) electrons. The van der Waals surface area contributed by atoms with Crippen LogP contribution in [0.1, 0.15) is 25.3 Å². The monoisotopic (exact) mass is 350 g/mol. The highest BCUT2D eigenvalue weighted by molar-refractivity contribution is 5.79. The molecule has 2 rings (SSSR count). The molecule has 0 aromatic heterocycles. The topological polar surface area (TPSA) is 88.1 Å². The number of hydrogen-bond acceptors (Lipinski definition) is 4. The van der Waals surface area contributed by atoms with Gasteiger partial charge in [0.2, 0.25) is 0 Å². The lowest BCUT2D eigenvalue weighted by atomic mass is 9.90. The van der Waals surface area contributed by atoms with E-state index in [4.69, 9.17) is 9.47 Å². The summed E-state index contributed by atoms with van der Waals surface area (Å²) in [4.78, 5) is 24.8. The SMILES string of the molecule is COc1ccc(COCCCNC(=O)N2CCC(C)(C(=O)O)C2)cc1. The van der Waals surface area contributed by atoms with Crippen LogP contribution in [0.15, 0.2) is 24.3 Å². The molecule has 0 saturated carbocycles. The third-order valence-electron chi connectivity index (χ3n) is 4.45. The van der Waals surface area contributed by atoms with Crippen LogP contribution in [0.5, 0.6) is 5.75 Å². The molecule has 7 nitrogen and oxygen atoms in total. The molecule has 1 aromatic carbocycles. The second-order valence-electron chi connectivity index (χ2n) is 6.52. The quantitative estimate of drug-likeness (QED) is 0.701. The molecule has 2 amide bonds. The zero-order valence-electron chi connectivity index (χ0n) is 14.8. The maximum absolute atomic E-state index is 12.0. The van der Waals surface area contributed by atoms with Gasteiger partial charge in [0, 0.05) is 26.2 Å². The number of urea groups is 1. The summed E-state index contributed by atoms with van der Waals surface area (Å²) in [6, 6.07) is 7.47. The van der Waals surface area contributed by atoms with E-state index in [1.165, 1.54) is 0 Å². The van der Waals surface area contributed by atoms with Crippen LogP contribution < -0.4 is 10.1 Å². The number of rotatable bonds is 8. The van der Waals surface area contributed by atoms with Crippen molar-refractivity contribution in [3.63, 3.8) is 0 Å². The molecule has 1 aromatic rings. The van der Waals surface area contributed by atoms with Crippen molar-refractivity contribution in [1.29, 1.82) is 0 Å². The Morgan fingerprint density at radius 3 is 2.64 bits per heavy atom. The number of nitrogens with one attached hydrogen (secondary N) is 1. The molecule has 138 valence electrons. The number of ether oxygens (including phenoxy) is 2. The van der Waals surface area contributed by atoms with Gasteiger partial charge in [0.15, 0.2) is 0 Å². The van der Waals surface area contributed by atoms with Gasteiger partial charge in [0.25, 0.3) is 0 Å². The molecule has 1 heterocycles. The van der Waals surface area contributed by atoms with Crippen LogP contribution in [-0.4, -0.2) is 55.4 Å². The van der Waals surface area contributed by atoms with Crippen LogP contribution in [0.25, 0.3) is 0 Å². The van der Waals surface area contributed by atoms with Gasteiger partial charge in [0.1, 0.15) is 5.75 Å². The molecule has 0 bridgehead atoms. The number of carbonyl (C=O) groups excluding carboxylic acids is 1.